The molecule has 0 heterocycles. The Morgan fingerprint density at radius 3 is 2.42 bits per heavy atom. The highest BCUT2D eigenvalue weighted by Gasteiger charge is 2.24. The Hall–Kier alpha value is -1.07. The largest absolute Gasteiger partial charge is 0.398 e. The quantitative estimate of drug-likeness (QED) is 0.783. The molecule has 0 saturated heterocycles. The van der Waals surface area contributed by atoms with E-state index >= 15 is 0 Å². The molecule has 4 nitrogen and oxygen atoms in total. The van der Waals surface area contributed by atoms with Crippen LogP contribution in [0.1, 0.15) is 39.2 Å². The molecular weight excluding hydrogens is 260 g/mol. The van der Waals surface area contributed by atoms with E-state index in [1.807, 2.05) is 39.0 Å². The third-order valence-electron chi connectivity index (χ3n) is 3.07. The first-order valence-electron chi connectivity index (χ1n) is 6.71. The fraction of sp³-hybridized carbons (Fsp3) is 0.571. The zero-order chi connectivity index (χ0) is 14.5. The molecule has 0 saturated carbocycles. The molecule has 0 spiro atoms. The third-order valence-corrected chi connectivity index (χ3v) is 5.14. The van der Waals surface area contributed by atoms with Gasteiger partial charge in [0.1, 0.15) is 0 Å². The lowest BCUT2D eigenvalue weighted by Gasteiger charge is -2.26. The van der Waals surface area contributed by atoms with Gasteiger partial charge in [-0.15, -0.1) is 0 Å². The smallest absolute Gasteiger partial charge is 0.214 e. The SMILES string of the molecule is CCCCS(=O)(=O)N(Cc1ccccc1N)C(C)C. The Morgan fingerprint density at radius 2 is 1.89 bits per heavy atom. The second-order valence-electron chi connectivity index (χ2n) is 5.01. The molecule has 0 aliphatic rings. The fourth-order valence-corrected chi connectivity index (χ4v) is 3.76. The number of nitrogens with two attached hydrogens (primary N) is 1. The Labute approximate surface area is 116 Å². The molecule has 0 fully saturated rings. The summed E-state index contributed by atoms with van der Waals surface area (Å²) in [5.74, 6) is 0.203. The number of hydrogen-bond acceptors (Lipinski definition) is 3. The molecule has 0 amide bonds. The zero-order valence-corrected chi connectivity index (χ0v) is 12.8. The molecule has 1 aromatic rings. The predicted molar refractivity (Wildman–Crippen MR) is 80.2 cm³/mol. The number of rotatable bonds is 7. The highest BCUT2D eigenvalue weighted by atomic mass is 32.2. The van der Waals surface area contributed by atoms with E-state index in [4.69, 9.17) is 5.73 Å². The Morgan fingerprint density at radius 1 is 1.26 bits per heavy atom. The summed E-state index contributed by atoms with van der Waals surface area (Å²) >= 11 is 0. The topological polar surface area (TPSA) is 63.4 Å². The van der Waals surface area contributed by atoms with Gasteiger partial charge in [-0.3, -0.25) is 0 Å². The van der Waals surface area contributed by atoms with Crippen molar-refractivity contribution in [3.63, 3.8) is 0 Å². The number of hydrogen-bond donors (Lipinski definition) is 1. The standard InChI is InChI=1S/C14H24N2O2S/c1-4-5-10-19(17,18)16(12(2)3)11-13-8-6-7-9-14(13)15/h6-9,12H,4-5,10-11,15H2,1-3H3. The van der Waals surface area contributed by atoms with Gasteiger partial charge in [0.2, 0.25) is 10.0 Å². The van der Waals surface area contributed by atoms with E-state index in [2.05, 4.69) is 0 Å². The van der Waals surface area contributed by atoms with Gasteiger partial charge in [0.25, 0.3) is 0 Å². The van der Waals surface area contributed by atoms with Crippen LogP contribution in [0, 0.1) is 0 Å². The van der Waals surface area contributed by atoms with Crippen molar-refractivity contribution >= 4 is 15.7 Å². The lowest BCUT2D eigenvalue weighted by atomic mass is 10.2. The molecule has 0 radical (unpaired) electrons. The Bertz CT molecular complexity index is 498. The van der Waals surface area contributed by atoms with Crippen LogP contribution in [-0.2, 0) is 16.6 Å². The maximum Gasteiger partial charge on any atom is 0.214 e. The fourth-order valence-electron chi connectivity index (χ4n) is 1.89. The average Bonchev–Trinajstić information content (AvgIpc) is 2.34. The highest BCUT2D eigenvalue weighted by Crippen LogP contribution is 2.19. The van der Waals surface area contributed by atoms with Crippen LogP contribution in [0.15, 0.2) is 24.3 Å². The van der Waals surface area contributed by atoms with Crippen LogP contribution in [0.4, 0.5) is 5.69 Å². The van der Waals surface area contributed by atoms with Crippen LogP contribution in [0.2, 0.25) is 0 Å². The van der Waals surface area contributed by atoms with Gasteiger partial charge in [-0.25, -0.2) is 8.42 Å². The van der Waals surface area contributed by atoms with Crippen LogP contribution in [0.25, 0.3) is 0 Å². The first kappa shape index (κ1) is 16.0. The van der Waals surface area contributed by atoms with Gasteiger partial charge >= 0.3 is 0 Å². The summed E-state index contributed by atoms with van der Waals surface area (Å²) in [6.45, 7) is 6.12. The molecule has 0 atom stereocenters. The monoisotopic (exact) mass is 284 g/mol. The summed E-state index contributed by atoms with van der Waals surface area (Å²) in [7, 11) is -3.22. The first-order valence-corrected chi connectivity index (χ1v) is 8.32. The molecule has 1 aromatic carbocycles. The summed E-state index contributed by atoms with van der Waals surface area (Å²) in [6.07, 6.45) is 1.56. The Balaban J connectivity index is 2.94. The van der Waals surface area contributed by atoms with Crippen molar-refractivity contribution < 1.29 is 8.42 Å². The summed E-state index contributed by atoms with van der Waals surface area (Å²) in [6, 6.07) is 7.33. The highest BCUT2D eigenvalue weighted by molar-refractivity contribution is 7.89. The summed E-state index contributed by atoms with van der Waals surface area (Å²) < 4.78 is 26.2. The van der Waals surface area contributed by atoms with E-state index in [1.54, 1.807) is 6.07 Å². The predicted octanol–water partition coefficient (Wildman–Crippen LogP) is 2.61. The van der Waals surface area contributed by atoms with Gasteiger partial charge in [-0.2, -0.15) is 4.31 Å². The minimum atomic E-state index is -3.22. The second-order valence-corrected chi connectivity index (χ2v) is 7.05. The van der Waals surface area contributed by atoms with Gasteiger partial charge < -0.3 is 5.73 Å². The molecule has 5 heteroatoms. The maximum absolute atomic E-state index is 12.3. The van der Waals surface area contributed by atoms with Gasteiger partial charge in [-0.1, -0.05) is 31.5 Å². The number of benzene rings is 1. The molecule has 2 N–H and O–H groups in total. The van der Waals surface area contributed by atoms with Crippen molar-refractivity contribution in [1.82, 2.24) is 4.31 Å². The minimum absolute atomic E-state index is 0.0681. The van der Waals surface area contributed by atoms with Gasteiger partial charge in [0.05, 0.1) is 5.75 Å². The number of anilines is 1. The van der Waals surface area contributed by atoms with Gasteiger partial charge in [0, 0.05) is 18.3 Å². The van der Waals surface area contributed by atoms with Gasteiger partial charge in [0.15, 0.2) is 0 Å². The van der Waals surface area contributed by atoms with E-state index < -0.39 is 10.0 Å². The summed E-state index contributed by atoms with van der Waals surface area (Å²) in [5.41, 5.74) is 7.39. The molecule has 0 bridgehead atoms. The van der Waals surface area contributed by atoms with E-state index in [9.17, 15) is 8.42 Å². The number of nitrogens with zero attached hydrogens (tertiary/aromatic N) is 1. The van der Waals surface area contributed by atoms with E-state index in [0.717, 1.165) is 12.0 Å². The van der Waals surface area contributed by atoms with Crippen molar-refractivity contribution in [3.05, 3.63) is 29.8 Å². The van der Waals surface area contributed by atoms with E-state index in [0.29, 0.717) is 18.7 Å². The molecule has 108 valence electrons. The summed E-state index contributed by atoms with van der Waals surface area (Å²) in [5, 5.41) is 0. The molecule has 0 unspecified atom stereocenters. The van der Waals surface area contributed by atoms with Crippen LogP contribution >= 0.6 is 0 Å². The van der Waals surface area contributed by atoms with Crippen molar-refractivity contribution in [3.8, 4) is 0 Å². The molecule has 0 aliphatic carbocycles. The number of unbranched alkanes of at least 4 members (excludes halogenated alkanes) is 1. The van der Waals surface area contributed by atoms with Crippen LogP contribution in [-0.4, -0.2) is 24.5 Å². The molecule has 1 rings (SSSR count). The second kappa shape index (κ2) is 6.91. The lowest BCUT2D eigenvalue weighted by Crippen LogP contribution is -2.38. The van der Waals surface area contributed by atoms with Gasteiger partial charge in [-0.05, 0) is 31.9 Å². The van der Waals surface area contributed by atoms with Crippen molar-refractivity contribution in [2.75, 3.05) is 11.5 Å². The molecule has 0 aliphatic heterocycles. The average molecular weight is 284 g/mol. The lowest BCUT2D eigenvalue weighted by molar-refractivity contribution is 0.348. The number of nitrogen functional groups attached to an aromatic ring is 1. The summed E-state index contributed by atoms with van der Waals surface area (Å²) in [4.78, 5) is 0. The maximum atomic E-state index is 12.3. The normalized spacial score (nSPS) is 12.3. The van der Waals surface area contributed by atoms with Crippen LogP contribution in [0.5, 0.6) is 0 Å². The zero-order valence-electron chi connectivity index (χ0n) is 12.0. The first-order chi connectivity index (χ1) is 8.88. The molecule has 19 heavy (non-hydrogen) atoms. The minimum Gasteiger partial charge on any atom is -0.398 e. The van der Waals surface area contributed by atoms with Crippen LogP contribution < -0.4 is 5.73 Å². The number of para-hydroxylation sites is 1. The molecular formula is C14H24N2O2S. The Kier molecular flexibility index (Phi) is 5.82. The third kappa shape index (κ3) is 4.51. The van der Waals surface area contributed by atoms with Crippen molar-refractivity contribution in [2.24, 2.45) is 0 Å². The van der Waals surface area contributed by atoms with Crippen molar-refractivity contribution in [1.29, 1.82) is 0 Å². The van der Waals surface area contributed by atoms with E-state index in [1.165, 1.54) is 4.31 Å². The van der Waals surface area contributed by atoms with Crippen LogP contribution in [0.3, 0.4) is 0 Å². The number of sulfonamides is 1. The van der Waals surface area contributed by atoms with E-state index in [-0.39, 0.29) is 11.8 Å². The molecule has 0 aromatic heterocycles. The van der Waals surface area contributed by atoms with Crippen molar-refractivity contribution in [2.45, 2.75) is 46.2 Å².